The molecule has 1 aromatic carbocycles. The summed E-state index contributed by atoms with van der Waals surface area (Å²) in [7, 11) is 1.63. The van der Waals surface area contributed by atoms with Gasteiger partial charge in [-0.25, -0.2) is 0 Å². The van der Waals surface area contributed by atoms with Crippen LogP contribution in [0.4, 0.5) is 5.69 Å². The number of nitrogens with zero attached hydrogens (tertiary/aromatic N) is 2. The highest BCUT2D eigenvalue weighted by Crippen LogP contribution is 2.26. The molecule has 26 heavy (non-hydrogen) atoms. The summed E-state index contributed by atoms with van der Waals surface area (Å²) in [6.07, 6.45) is 0.864. The number of benzene rings is 1. The molecule has 0 spiro atoms. The van der Waals surface area contributed by atoms with Crippen molar-refractivity contribution in [1.82, 2.24) is 15.5 Å². The van der Waals surface area contributed by atoms with Gasteiger partial charge < -0.3 is 15.0 Å². The van der Waals surface area contributed by atoms with Gasteiger partial charge in [0.2, 0.25) is 0 Å². The number of hydrogen-bond acceptors (Lipinski definition) is 5. The van der Waals surface area contributed by atoms with Gasteiger partial charge in [0.05, 0.1) is 13.7 Å². The maximum absolute atomic E-state index is 13.3. The molecule has 0 saturated carbocycles. The first-order valence-corrected chi connectivity index (χ1v) is 9.39. The zero-order valence-corrected chi connectivity index (χ0v) is 15.3. The molecule has 134 valence electrons. The number of fused-ring (bicyclic) bond motifs is 1. The van der Waals surface area contributed by atoms with E-state index in [4.69, 9.17) is 4.74 Å². The predicted octanol–water partition coefficient (Wildman–Crippen LogP) is 2.97. The summed E-state index contributed by atoms with van der Waals surface area (Å²) in [5.41, 5.74) is 3.35. The van der Waals surface area contributed by atoms with Crippen molar-refractivity contribution in [3.05, 3.63) is 63.6 Å². The molecule has 2 N–H and O–H groups in total. The summed E-state index contributed by atoms with van der Waals surface area (Å²) < 4.78 is 5.23. The Morgan fingerprint density at radius 1 is 1.31 bits per heavy atom. The number of amides is 1. The molecule has 0 atom stereocenters. The summed E-state index contributed by atoms with van der Waals surface area (Å²) in [5, 5.41) is 12.7. The molecule has 3 heterocycles. The molecule has 1 amide bonds. The molecular formula is C19H20N4O2S. The van der Waals surface area contributed by atoms with Crippen molar-refractivity contribution in [2.75, 3.05) is 18.6 Å². The number of nitrogens with one attached hydrogen (secondary N) is 2. The van der Waals surface area contributed by atoms with Crippen molar-refractivity contribution in [3.8, 4) is 5.75 Å². The highest BCUT2D eigenvalue weighted by atomic mass is 32.1. The van der Waals surface area contributed by atoms with Crippen LogP contribution in [0.3, 0.4) is 0 Å². The average Bonchev–Trinajstić information content (AvgIpc) is 3.35. The molecule has 1 aliphatic rings. The SMILES string of the molecule is COc1ccc(N(Cc2cccs2)C(=O)c2n[nH]c3c2CNCC3)cc1. The van der Waals surface area contributed by atoms with Gasteiger partial charge in [-0.15, -0.1) is 11.3 Å². The molecule has 0 aliphatic carbocycles. The Bertz CT molecular complexity index is 887. The van der Waals surface area contributed by atoms with E-state index in [0.29, 0.717) is 18.8 Å². The normalized spacial score (nSPS) is 13.3. The Hall–Kier alpha value is -2.64. The minimum Gasteiger partial charge on any atom is -0.497 e. The van der Waals surface area contributed by atoms with Crippen LogP contribution in [0, 0.1) is 0 Å². The van der Waals surface area contributed by atoms with E-state index in [1.54, 1.807) is 23.3 Å². The number of aromatic amines is 1. The smallest absolute Gasteiger partial charge is 0.279 e. The highest BCUT2D eigenvalue weighted by Gasteiger charge is 2.27. The van der Waals surface area contributed by atoms with Crippen LogP contribution in [-0.2, 0) is 19.5 Å². The lowest BCUT2D eigenvalue weighted by atomic mass is 10.1. The van der Waals surface area contributed by atoms with Gasteiger partial charge in [0.15, 0.2) is 5.69 Å². The summed E-state index contributed by atoms with van der Waals surface area (Å²) in [4.78, 5) is 16.2. The van der Waals surface area contributed by atoms with Gasteiger partial charge in [0.1, 0.15) is 5.75 Å². The van der Waals surface area contributed by atoms with Crippen LogP contribution in [-0.4, -0.2) is 29.8 Å². The minimum atomic E-state index is -0.0928. The van der Waals surface area contributed by atoms with Crippen LogP contribution < -0.4 is 15.0 Å². The molecule has 0 bridgehead atoms. The van der Waals surface area contributed by atoms with E-state index in [-0.39, 0.29) is 5.91 Å². The van der Waals surface area contributed by atoms with Crippen LogP contribution in [0.25, 0.3) is 0 Å². The molecule has 0 radical (unpaired) electrons. The lowest BCUT2D eigenvalue weighted by Gasteiger charge is -2.23. The first kappa shape index (κ1) is 16.8. The van der Waals surface area contributed by atoms with Gasteiger partial charge >= 0.3 is 0 Å². The number of carbonyl (C=O) groups excluding carboxylic acids is 1. The van der Waals surface area contributed by atoms with Crippen LogP contribution in [0.2, 0.25) is 0 Å². The van der Waals surface area contributed by atoms with E-state index in [9.17, 15) is 4.79 Å². The second-order valence-corrected chi connectivity index (χ2v) is 7.16. The first-order chi connectivity index (χ1) is 12.8. The third kappa shape index (κ3) is 3.23. The maximum Gasteiger partial charge on any atom is 0.279 e. The largest absolute Gasteiger partial charge is 0.497 e. The van der Waals surface area contributed by atoms with Crippen molar-refractivity contribution >= 4 is 22.9 Å². The van der Waals surface area contributed by atoms with Crippen molar-refractivity contribution in [2.45, 2.75) is 19.5 Å². The van der Waals surface area contributed by atoms with E-state index in [1.807, 2.05) is 41.8 Å². The Labute approximate surface area is 155 Å². The number of aromatic nitrogens is 2. The van der Waals surface area contributed by atoms with Crippen LogP contribution >= 0.6 is 11.3 Å². The van der Waals surface area contributed by atoms with E-state index >= 15 is 0 Å². The zero-order chi connectivity index (χ0) is 17.9. The van der Waals surface area contributed by atoms with Crippen molar-refractivity contribution in [3.63, 3.8) is 0 Å². The van der Waals surface area contributed by atoms with Crippen LogP contribution in [0.1, 0.15) is 26.6 Å². The standard InChI is InChI=1S/C19H20N4O2S/c1-25-14-6-4-13(5-7-14)23(12-15-3-2-10-26-15)19(24)18-16-11-20-9-8-17(16)21-22-18/h2-7,10,20H,8-9,11-12H2,1H3,(H,21,22). The van der Waals surface area contributed by atoms with Gasteiger partial charge in [0.25, 0.3) is 5.91 Å². The summed E-state index contributed by atoms with van der Waals surface area (Å²) in [6.45, 7) is 2.08. The molecule has 2 aromatic heterocycles. The lowest BCUT2D eigenvalue weighted by molar-refractivity contribution is 0.0979. The summed E-state index contributed by atoms with van der Waals surface area (Å²) in [5.74, 6) is 0.670. The molecule has 0 unspecified atom stereocenters. The molecule has 0 fully saturated rings. The van der Waals surface area contributed by atoms with Crippen LogP contribution in [0.5, 0.6) is 5.75 Å². The van der Waals surface area contributed by atoms with Gasteiger partial charge in [-0.05, 0) is 35.7 Å². The number of carbonyl (C=O) groups is 1. The topological polar surface area (TPSA) is 70.2 Å². The molecule has 3 aromatic rings. The van der Waals surface area contributed by atoms with Crippen molar-refractivity contribution < 1.29 is 9.53 Å². The number of ether oxygens (including phenoxy) is 1. The second-order valence-electron chi connectivity index (χ2n) is 6.12. The van der Waals surface area contributed by atoms with Gasteiger partial charge in [-0.1, -0.05) is 6.07 Å². The second kappa shape index (κ2) is 7.31. The number of H-pyrrole nitrogens is 1. The summed E-state index contributed by atoms with van der Waals surface area (Å²) in [6, 6.07) is 11.6. The quantitative estimate of drug-likeness (QED) is 0.726. The maximum atomic E-state index is 13.3. The number of anilines is 1. The van der Waals surface area contributed by atoms with E-state index in [1.165, 1.54) is 0 Å². The first-order valence-electron chi connectivity index (χ1n) is 8.51. The third-order valence-electron chi connectivity index (χ3n) is 4.53. The molecule has 4 rings (SSSR count). The van der Waals surface area contributed by atoms with Gasteiger partial charge in [0, 0.05) is 41.3 Å². The Morgan fingerprint density at radius 2 is 2.15 bits per heavy atom. The van der Waals surface area contributed by atoms with Gasteiger partial charge in [-0.3, -0.25) is 9.89 Å². The molecule has 6 nitrogen and oxygen atoms in total. The minimum absolute atomic E-state index is 0.0928. The Kier molecular flexibility index (Phi) is 4.73. The van der Waals surface area contributed by atoms with Crippen LogP contribution in [0.15, 0.2) is 41.8 Å². The predicted molar refractivity (Wildman–Crippen MR) is 102 cm³/mol. The van der Waals surface area contributed by atoms with E-state index in [0.717, 1.165) is 40.5 Å². The van der Waals surface area contributed by atoms with Crippen molar-refractivity contribution in [1.29, 1.82) is 0 Å². The number of methoxy groups -OCH3 is 1. The average molecular weight is 368 g/mol. The number of hydrogen-bond donors (Lipinski definition) is 2. The molecule has 0 saturated heterocycles. The van der Waals surface area contributed by atoms with E-state index < -0.39 is 0 Å². The highest BCUT2D eigenvalue weighted by molar-refractivity contribution is 7.09. The summed E-state index contributed by atoms with van der Waals surface area (Å²) >= 11 is 1.64. The Balaban J connectivity index is 1.69. The molecule has 1 aliphatic heterocycles. The molecule has 7 heteroatoms. The molecular weight excluding hydrogens is 348 g/mol. The third-order valence-corrected chi connectivity index (χ3v) is 5.39. The number of thiophene rings is 1. The fraction of sp³-hybridized carbons (Fsp3) is 0.263. The zero-order valence-electron chi connectivity index (χ0n) is 14.5. The monoisotopic (exact) mass is 368 g/mol. The fourth-order valence-electron chi connectivity index (χ4n) is 3.13. The fourth-order valence-corrected chi connectivity index (χ4v) is 3.82. The number of rotatable bonds is 5. The van der Waals surface area contributed by atoms with Crippen molar-refractivity contribution in [2.24, 2.45) is 0 Å². The van der Waals surface area contributed by atoms with Gasteiger partial charge in [-0.2, -0.15) is 5.10 Å². The lowest BCUT2D eigenvalue weighted by Crippen LogP contribution is -2.32. The van der Waals surface area contributed by atoms with E-state index in [2.05, 4.69) is 15.5 Å². The Morgan fingerprint density at radius 3 is 2.88 bits per heavy atom.